The molecule has 134 valence electrons. The normalized spacial score (nSPS) is 15.4. The maximum absolute atomic E-state index is 12.3. The van der Waals surface area contributed by atoms with Crippen LogP contribution in [0.4, 0.5) is 0 Å². The van der Waals surface area contributed by atoms with E-state index >= 15 is 0 Å². The van der Waals surface area contributed by atoms with Crippen LogP contribution in [0, 0.1) is 0 Å². The summed E-state index contributed by atoms with van der Waals surface area (Å²) in [6.07, 6.45) is 4.60. The molecule has 1 amide bonds. The second kappa shape index (κ2) is 7.22. The Bertz CT molecular complexity index is 882. The lowest BCUT2D eigenvalue weighted by molar-refractivity contribution is 0.0898. The zero-order chi connectivity index (χ0) is 17.9. The maximum atomic E-state index is 12.3. The summed E-state index contributed by atoms with van der Waals surface area (Å²) in [6.45, 7) is 2.41. The summed E-state index contributed by atoms with van der Waals surface area (Å²) >= 11 is 0. The number of nitrogens with zero attached hydrogens (tertiary/aromatic N) is 2. The minimum absolute atomic E-state index is 0.113. The standard InChI is InChI=1S/C21H23N3O2/c1-23-11-4-8-18(23)19(14-22-21(25)20-9-5-13-26-20)24-12-10-16-6-2-3-7-17(16)15-24/h2-9,11,13,19H,10,12,14-15H2,1H3,(H,22,25)/t19-/m1/s1. The molecule has 1 aliphatic rings. The largest absolute Gasteiger partial charge is 0.459 e. The number of hydrogen-bond acceptors (Lipinski definition) is 3. The molecule has 0 aliphatic carbocycles. The number of benzene rings is 1. The van der Waals surface area contributed by atoms with Gasteiger partial charge in [-0.15, -0.1) is 0 Å². The molecule has 0 saturated carbocycles. The average molecular weight is 349 g/mol. The van der Waals surface area contributed by atoms with Crippen molar-refractivity contribution in [3.63, 3.8) is 0 Å². The van der Waals surface area contributed by atoms with Gasteiger partial charge in [-0.25, -0.2) is 0 Å². The van der Waals surface area contributed by atoms with Gasteiger partial charge in [0.05, 0.1) is 12.3 Å². The third-order valence-corrected chi connectivity index (χ3v) is 5.13. The number of amides is 1. The van der Waals surface area contributed by atoms with Gasteiger partial charge in [-0.2, -0.15) is 0 Å². The summed E-state index contributed by atoms with van der Waals surface area (Å²) in [6, 6.07) is 16.3. The Morgan fingerprint density at radius 2 is 2.00 bits per heavy atom. The van der Waals surface area contributed by atoms with Gasteiger partial charge in [0.15, 0.2) is 5.76 Å². The van der Waals surface area contributed by atoms with Crippen molar-refractivity contribution in [1.29, 1.82) is 0 Å². The van der Waals surface area contributed by atoms with Gasteiger partial charge in [-0.1, -0.05) is 24.3 Å². The van der Waals surface area contributed by atoms with E-state index in [1.807, 2.05) is 0 Å². The van der Waals surface area contributed by atoms with Gasteiger partial charge in [0.2, 0.25) is 0 Å². The first-order chi connectivity index (χ1) is 12.7. The van der Waals surface area contributed by atoms with Crippen molar-refractivity contribution < 1.29 is 9.21 Å². The Hall–Kier alpha value is -2.79. The quantitative estimate of drug-likeness (QED) is 0.770. The molecule has 1 aromatic carbocycles. The molecule has 4 rings (SSSR count). The van der Waals surface area contributed by atoms with Crippen molar-refractivity contribution in [3.8, 4) is 0 Å². The van der Waals surface area contributed by atoms with Crippen molar-refractivity contribution in [1.82, 2.24) is 14.8 Å². The summed E-state index contributed by atoms with van der Waals surface area (Å²) in [5.41, 5.74) is 3.99. The highest BCUT2D eigenvalue weighted by atomic mass is 16.3. The van der Waals surface area contributed by atoms with Crippen LogP contribution in [0.1, 0.15) is 33.4 Å². The van der Waals surface area contributed by atoms with Gasteiger partial charge in [-0.05, 0) is 41.8 Å². The SMILES string of the molecule is Cn1cccc1[C@@H](CNC(=O)c1ccco1)N1CCc2ccccc2C1. The van der Waals surface area contributed by atoms with Gasteiger partial charge in [-0.3, -0.25) is 9.69 Å². The Morgan fingerprint density at radius 3 is 2.73 bits per heavy atom. The molecule has 5 heteroatoms. The van der Waals surface area contributed by atoms with Gasteiger partial charge in [0.1, 0.15) is 0 Å². The Kier molecular flexibility index (Phi) is 4.63. The molecule has 2 aromatic heterocycles. The number of carbonyl (C=O) groups excluding carboxylic acids is 1. The summed E-state index contributed by atoms with van der Waals surface area (Å²) < 4.78 is 7.33. The highest BCUT2D eigenvalue weighted by molar-refractivity contribution is 5.91. The van der Waals surface area contributed by atoms with Crippen LogP contribution < -0.4 is 5.32 Å². The molecule has 0 unspecified atom stereocenters. The topological polar surface area (TPSA) is 50.4 Å². The molecule has 0 spiro atoms. The van der Waals surface area contributed by atoms with E-state index in [4.69, 9.17) is 4.42 Å². The van der Waals surface area contributed by atoms with Crippen LogP contribution in [0.25, 0.3) is 0 Å². The van der Waals surface area contributed by atoms with Gasteiger partial charge in [0.25, 0.3) is 5.91 Å². The highest BCUT2D eigenvalue weighted by Crippen LogP contribution is 2.27. The number of carbonyl (C=O) groups is 1. The lowest BCUT2D eigenvalue weighted by Gasteiger charge is -2.36. The summed E-state index contributed by atoms with van der Waals surface area (Å²) in [5, 5.41) is 3.03. The third-order valence-electron chi connectivity index (χ3n) is 5.13. The number of nitrogens with one attached hydrogen (secondary N) is 1. The fraction of sp³-hybridized carbons (Fsp3) is 0.286. The fourth-order valence-electron chi connectivity index (χ4n) is 3.71. The zero-order valence-corrected chi connectivity index (χ0v) is 14.9. The third kappa shape index (κ3) is 3.30. The van der Waals surface area contributed by atoms with Crippen LogP contribution in [-0.2, 0) is 20.0 Å². The predicted octanol–water partition coefficient (Wildman–Crippen LogP) is 3.15. The van der Waals surface area contributed by atoms with E-state index < -0.39 is 0 Å². The van der Waals surface area contributed by atoms with Crippen molar-refractivity contribution in [2.45, 2.75) is 19.0 Å². The van der Waals surface area contributed by atoms with E-state index in [9.17, 15) is 4.79 Å². The van der Waals surface area contributed by atoms with E-state index in [2.05, 4.69) is 64.4 Å². The predicted molar refractivity (Wildman–Crippen MR) is 99.8 cm³/mol. The number of rotatable bonds is 5. The molecule has 1 atom stereocenters. The summed E-state index contributed by atoms with van der Waals surface area (Å²) in [4.78, 5) is 14.8. The lowest BCUT2D eigenvalue weighted by Crippen LogP contribution is -2.41. The second-order valence-electron chi connectivity index (χ2n) is 6.74. The lowest BCUT2D eigenvalue weighted by atomic mass is 9.98. The minimum atomic E-state index is -0.174. The van der Waals surface area contributed by atoms with E-state index in [-0.39, 0.29) is 11.9 Å². The Balaban J connectivity index is 1.54. The molecule has 0 radical (unpaired) electrons. The molecule has 26 heavy (non-hydrogen) atoms. The first kappa shape index (κ1) is 16.7. The molecule has 1 aliphatic heterocycles. The van der Waals surface area contributed by atoms with Gasteiger partial charge < -0.3 is 14.3 Å². The van der Waals surface area contributed by atoms with Crippen LogP contribution in [0.15, 0.2) is 65.4 Å². The van der Waals surface area contributed by atoms with Gasteiger partial charge >= 0.3 is 0 Å². The molecule has 3 heterocycles. The second-order valence-corrected chi connectivity index (χ2v) is 6.74. The smallest absolute Gasteiger partial charge is 0.287 e. The molecule has 0 fully saturated rings. The van der Waals surface area contributed by atoms with Crippen LogP contribution in [0.2, 0.25) is 0 Å². The maximum Gasteiger partial charge on any atom is 0.287 e. The Morgan fingerprint density at radius 1 is 1.15 bits per heavy atom. The fourth-order valence-corrected chi connectivity index (χ4v) is 3.71. The van der Waals surface area contributed by atoms with E-state index in [1.165, 1.54) is 23.1 Å². The van der Waals surface area contributed by atoms with Crippen molar-refractivity contribution in [2.24, 2.45) is 7.05 Å². The van der Waals surface area contributed by atoms with Crippen molar-refractivity contribution in [2.75, 3.05) is 13.1 Å². The van der Waals surface area contributed by atoms with E-state index in [1.54, 1.807) is 12.1 Å². The van der Waals surface area contributed by atoms with Crippen LogP contribution in [0.3, 0.4) is 0 Å². The minimum Gasteiger partial charge on any atom is -0.459 e. The van der Waals surface area contributed by atoms with Crippen LogP contribution in [0.5, 0.6) is 0 Å². The number of aromatic nitrogens is 1. The molecule has 0 saturated heterocycles. The first-order valence-corrected chi connectivity index (χ1v) is 8.96. The van der Waals surface area contributed by atoms with Gasteiger partial charge in [0, 0.05) is 38.6 Å². The summed E-state index contributed by atoms with van der Waals surface area (Å²) in [7, 11) is 2.05. The van der Waals surface area contributed by atoms with Crippen molar-refractivity contribution >= 4 is 5.91 Å². The van der Waals surface area contributed by atoms with Crippen LogP contribution in [-0.4, -0.2) is 28.5 Å². The van der Waals surface area contributed by atoms with E-state index in [0.29, 0.717) is 12.3 Å². The first-order valence-electron chi connectivity index (χ1n) is 8.96. The molecule has 1 N–H and O–H groups in total. The highest BCUT2D eigenvalue weighted by Gasteiger charge is 2.27. The number of aryl methyl sites for hydroxylation is 1. The molecule has 3 aromatic rings. The molecule has 5 nitrogen and oxygen atoms in total. The van der Waals surface area contributed by atoms with E-state index in [0.717, 1.165) is 19.5 Å². The Labute approximate surface area is 153 Å². The number of furan rings is 1. The molecular formula is C21H23N3O2. The monoisotopic (exact) mass is 349 g/mol. The molecule has 0 bridgehead atoms. The van der Waals surface area contributed by atoms with Crippen molar-refractivity contribution in [3.05, 3.63) is 83.6 Å². The number of hydrogen-bond donors (Lipinski definition) is 1. The zero-order valence-electron chi connectivity index (χ0n) is 14.9. The summed E-state index contributed by atoms with van der Waals surface area (Å²) in [5.74, 6) is 0.172. The number of fused-ring (bicyclic) bond motifs is 1. The van der Waals surface area contributed by atoms with Crippen LogP contribution >= 0.6 is 0 Å². The average Bonchev–Trinajstić information content (AvgIpc) is 3.34. The molecular weight excluding hydrogens is 326 g/mol.